The minimum Gasteiger partial charge on any atom is -0.466 e. The van der Waals surface area contributed by atoms with E-state index in [1.165, 1.54) is 321 Å². The molecule has 1 rings (SSSR count). The Hall–Kier alpha value is -2.64. The van der Waals surface area contributed by atoms with Gasteiger partial charge in [0.25, 0.3) is 0 Å². The van der Waals surface area contributed by atoms with Gasteiger partial charge in [0.2, 0.25) is 5.91 Å². The highest BCUT2D eigenvalue weighted by molar-refractivity contribution is 5.76. The summed E-state index contributed by atoms with van der Waals surface area (Å²) in [4.78, 5) is 25.2. The molecule has 0 spiro atoms. The summed E-state index contributed by atoms with van der Waals surface area (Å²) in [5.41, 5.74) is 0. The van der Waals surface area contributed by atoms with E-state index in [0.717, 1.165) is 70.6 Å². The summed E-state index contributed by atoms with van der Waals surface area (Å²) < 4.78 is 16.8. The van der Waals surface area contributed by atoms with Gasteiger partial charge in [0, 0.05) is 12.8 Å². The zero-order chi connectivity index (χ0) is 70.8. The maximum Gasteiger partial charge on any atom is 0.305 e. The molecule has 7 unspecified atom stereocenters. The first-order chi connectivity index (χ1) is 48.2. The number of carbonyl (C=O) groups is 2. The zero-order valence-electron chi connectivity index (χ0n) is 64.3. The number of amides is 1. The molecule has 1 heterocycles. The molecule has 0 radical (unpaired) electrons. The molecule has 0 aromatic heterocycles. The van der Waals surface area contributed by atoms with Gasteiger partial charge < -0.3 is 45.1 Å². The third-order valence-electron chi connectivity index (χ3n) is 20.1. The van der Waals surface area contributed by atoms with Crippen LogP contribution in [0.5, 0.6) is 0 Å². The molecule has 11 heteroatoms. The molecule has 7 atom stereocenters. The molecule has 1 aliphatic heterocycles. The molecule has 0 bridgehead atoms. The van der Waals surface area contributed by atoms with Gasteiger partial charge in [-0.25, -0.2) is 0 Å². The van der Waals surface area contributed by atoms with E-state index in [0.29, 0.717) is 19.4 Å². The summed E-state index contributed by atoms with van der Waals surface area (Å²) in [6.45, 7) is 4.38. The van der Waals surface area contributed by atoms with Gasteiger partial charge in [0.1, 0.15) is 24.4 Å². The minimum atomic E-state index is -1.57. The second kappa shape index (κ2) is 75.5. The SMILES string of the molecule is CCCCCC/C=C\C/C=C\CCCCCCCC(=O)OCCCCCCCCCCCCCCCCC/C=C\C/C=C\CCCCCCCCCCCCCCCCCCCC(=O)NC(COC1OC(CO)C(O)C(O)C1O)C(O)/C=C/CCCCCCCCCCCCCCC. The zero-order valence-corrected chi connectivity index (χ0v) is 64.3. The fourth-order valence-corrected chi connectivity index (χ4v) is 13.4. The standard InChI is InChI=1S/C87H161NO10/c1-3-5-7-9-11-13-15-17-19-47-51-55-59-63-67-71-75-83(92)96-76-72-68-64-60-56-52-48-44-42-40-38-36-34-32-30-28-26-24-22-20-21-23-25-27-29-31-33-35-37-39-41-43-46-50-54-58-62-66-70-74-82(91)88-79(78-97-87-86(95)85(94)84(93)81(77-89)98-87)80(90)73-69-65-61-57-53-49-45-18-16-14-12-10-8-6-4-2/h13,15,19-21,24,26,47,69,73,79-81,84-87,89-90,93-95H,3-12,14,16-18,22-23,25,27-46,48-68,70-72,74-78H2,1-2H3,(H,88,91)/b15-13-,21-20-,26-24-,47-19-,73-69+. The largest absolute Gasteiger partial charge is 0.466 e. The quantitative estimate of drug-likeness (QED) is 0.0195. The fraction of sp³-hybridized carbons (Fsp3) is 0.862. The summed E-state index contributed by atoms with van der Waals surface area (Å²) in [7, 11) is 0. The molecule has 1 fully saturated rings. The van der Waals surface area contributed by atoms with Gasteiger partial charge in [-0.2, -0.15) is 0 Å². The Labute approximate surface area is 605 Å². The van der Waals surface area contributed by atoms with Crippen molar-refractivity contribution in [3.63, 3.8) is 0 Å². The van der Waals surface area contributed by atoms with Crippen molar-refractivity contribution < 1.29 is 49.3 Å². The molecule has 574 valence electrons. The van der Waals surface area contributed by atoms with E-state index in [2.05, 4.69) is 67.8 Å². The van der Waals surface area contributed by atoms with Crippen LogP contribution in [0.25, 0.3) is 0 Å². The lowest BCUT2D eigenvalue weighted by atomic mass is 9.99. The Morgan fingerprint density at radius 3 is 1.04 bits per heavy atom. The van der Waals surface area contributed by atoms with Crippen molar-refractivity contribution in [2.75, 3.05) is 19.8 Å². The number of esters is 1. The van der Waals surface area contributed by atoms with E-state index in [9.17, 15) is 35.1 Å². The first-order valence-electron chi connectivity index (χ1n) is 42.6. The van der Waals surface area contributed by atoms with Crippen molar-refractivity contribution in [3.05, 3.63) is 60.8 Å². The van der Waals surface area contributed by atoms with E-state index in [1.807, 2.05) is 6.08 Å². The number of rotatable bonds is 76. The van der Waals surface area contributed by atoms with Crippen LogP contribution >= 0.6 is 0 Å². The number of hydrogen-bond donors (Lipinski definition) is 6. The number of allylic oxidation sites excluding steroid dienone is 9. The molecule has 98 heavy (non-hydrogen) atoms. The van der Waals surface area contributed by atoms with E-state index < -0.39 is 49.5 Å². The number of aliphatic hydroxyl groups excluding tert-OH is 5. The van der Waals surface area contributed by atoms with Crippen molar-refractivity contribution in [2.24, 2.45) is 0 Å². The number of aliphatic hydroxyl groups is 5. The Morgan fingerprint density at radius 2 is 0.684 bits per heavy atom. The van der Waals surface area contributed by atoms with Crippen LogP contribution in [-0.2, 0) is 23.8 Å². The Balaban J connectivity index is 1.91. The molecule has 1 saturated heterocycles. The molecule has 0 aliphatic carbocycles. The lowest BCUT2D eigenvalue weighted by molar-refractivity contribution is -0.302. The number of carbonyl (C=O) groups excluding carboxylic acids is 2. The minimum absolute atomic E-state index is 0.00141. The topological polar surface area (TPSA) is 175 Å². The lowest BCUT2D eigenvalue weighted by Gasteiger charge is -2.40. The van der Waals surface area contributed by atoms with E-state index in [1.54, 1.807) is 6.08 Å². The summed E-state index contributed by atoms with van der Waals surface area (Å²) in [6, 6.07) is -0.809. The van der Waals surface area contributed by atoms with Gasteiger partial charge in [-0.05, 0) is 96.3 Å². The fourth-order valence-electron chi connectivity index (χ4n) is 13.4. The van der Waals surface area contributed by atoms with Gasteiger partial charge in [0.05, 0.1) is 32.0 Å². The summed E-state index contributed by atoms with van der Waals surface area (Å²) in [5.74, 6) is -0.174. The van der Waals surface area contributed by atoms with Crippen LogP contribution in [0.15, 0.2) is 60.8 Å². The van der Waals surface area contributed by atoms with Gasteiger partial charge in [-0.3, -0.25) is 9.59 Å². The van der Waals surface area contributed by atoms with Crippen LogP contribution in [0, 0.1) is 0 Å². The lowest BCUT2D eigenvalue weighted by Crippen LogP contribution is -2.60. The van der Waals surface area contributed by atoms with E-state index in [-0.39, 0.29) is 18.5 Å². The highest BCUT2D eigenvalue weighted by atomic mass is 16.7. The van der Waals surface area contributed by atoms with E-state index >= 15 is 0 Å². The van der Waals surface area contributed by atoms with Crippen molar-refractivity contribution in [2.45, 2.75) is 461 Å². The Bertz CT molecular complexity index is 1820. The predicted octanol–water partition coefficient (Wildman–Crippen LogP) is 23.6. The molecule has 11 nitrogen and oxygen atoms in total. The van der Waals surface area contributed by atoms with E-state index in [4.69, 9.17) is 14.2 Å². The first kappa shape index (κ1) is 93.4. The number of nitrogens with one attached hydrogen (secondary N) is 1. The van der Waals surface area contributed by atoms with Crippen molar-refractivity contribution in [1.29, 1.82) is 0 Å². The van der Waals surface area contributed by atoms with Crippen molar-refractivity contribution in [3.8, 4) is 0 Å². The highest BCUT2D eigenvalue weighted by Gasteiger charge is 2.44. The number of ether oxygens (including phenoxy) is 3. The molecule has 0 aromatic rings. The summed E-state index contributed by atoms with van der Waals surface area (Å²) in [5, 5.41) is 54.7. The maximum atomic E-state index is 13.1. The summed E-state index contributed by atoms with van der Waals surface area (Å²) in [6.07, 6.45) is 92.6. The van der Waals surface area contributed by atoms with Crippen LogP contribution in [0.1, 0.15) is 418 Å². The third-order valence-corrected chi connectivity index (χ3v) is 20.1. The summed E-state index contributed by atoms with van der Waals surface area (Å²) >= 11 is 0. The molecule has 1 amide bonds. The third kappa shape index (κ3) is 63.1. The average Bonchev–Trinajstić information content (AvgIpc) is 0.827. The second-order valence-electron chi connectivity index (χ2n) is 29.5. The highest BCUT2D eigenvalue weighted by Crippen LogP contribution is 2.24. The van der Waals surface area contributed by atoms with Crippen molar-refractivity contribution >= 4 is 11.9 Å². The first-order valence-corrected chi connectivity index (χ1v) is 42.6. The Morgan fingerprint density at radius 1 is 0.378 bits per heavy atom. The van der Waals surface area contributed by atoms with Gasteiger partial charge in [-0.1, -0.05) is 370 Å². The van der Waals surface area contributed by atoms with Crippen LogP contribution < -0.4 is 5.32 Å². The molecule has 1 aliphatic rings. The maximum absolute atomic E-state index is 13.1. The van der Waals surface area contributed by atoms with Crippen LogP contribution in [-0.4, -0.2) is 100 Å². The molecule has 0 aromatic carbocycles. The predicted molar refractivity (Wildman–Crippen MR) is 417 cm³/mol. The van der Waals surface area contributed by atoms with Gasteiger partial charge >= 0.3 is 5.97 Å². The second-order valence-corrected chi connectivity index (χ2v) is 29.5. The smallest absolute Gasteiger partial charge is 0.305 e. The molecule has 6 N–H and O–H groups in total. The monoisotopic (exact) mass is 1380 g/mol. The van der Waals surface area contributed by atoms with Gasteiger partial charge in [-0.15, -0.1) is 0 Å². The molecular weight excluding hydrogens is 1220 g/mol. The number of unbranched alkanes of at least 4 members (excludes halogenated alkanes) is 54. The van der Waals surface area contributed by atoms with Crippen LogP contribution in [0.3, 0.4) is 0 Å². The van der Waals surface area contributed by atoms with Crippen LogP contribution in [0.4, 0.5) is 0 Å². The average molecular weight is 1380 g/mol. The molecular formula is C87H161NO10. The van der Waals surface area contributed by atoms with Crippen molar-refractivity contribution in [1.82, 2.24) is 5.32 Å². The van der Waals surface area contributed by atoms with Crippen LogP contribution in [0.2, 0.25) is 0 Å². The molecule has 0 saturated carbocycles. The Kier molecular flexibility index (Phi) is 71.9. The van der Waals surface area contributed by atoms with Gasteiger partial charge in [0.15, 0.2) is 6.29 Å². The number of hydrogen-bond acceptors (Lipinski definition) is 10. The normalized spacial score (nSPS) is 17.5.